The molecule has 0 spiro atoms. The summed E-state index contributed by atoms with van der Waals surface area (Å²) in [7, 11) is 3.47. The largest absolute Gasteiger partial charge is 0.373 e. The molecule has 0 radical (unpaired) electrons. The Bertz CT molecular complexity index is 689. The third-order valence-corrected chi connectivity index (χ3v) is 4.81. The lowest BCUT2D eigenvalue weighted by Crippen LogP contribution is -2.43. The Morgan fingerprint density at radius 1 is 1.28 bits per heavy atom. The van der Waals surface area contributed by atoms with Crippen molar-refractivity contribution in [2.45, 2.75) is 32.8 Å². The second-order valence-corrected chi connectivity index (χ2v) is 7.75. The summed E-state index contributed by atoms with van der Waals surface area (Å²) in [6.45, 7) is 10.2. The molecule has 1 fully saturated rings. The Kier molecular flexibility index (Phi) is 11.3. The number of amides is 1. The number of ether oxygens (including phenoxy) is 1. The number of aliphatic imine (C=N–C) groups is 1. The maximum atomic E-state index is 11.9. The van der Waals surface area contributed by atoms with Crippen LogP contribution in [-0.2, 0) is 9.53 Å². The average molecular weight is 514 g/mol. The van der Waals surface area contributed by atoms with Crippen LogP contribution in [0.15, 0.2) is 41.4 Å². The highest BCUT2D eigenvalue weighted by molar-refractivity contribution is 14.0. The molecule has 1 amide bonds. The highest BCUT2D eigenvalue weighted by Gasteiger charge is 2.27. The Morgan fingerprint density at radius 3 is 2.59 bits per heavy atom. The Labute approximate surface area is 192 Å². The van der Waals surface area contributed by atoms with Gasteiger partial charge in [-0.3, -0.25) is 4.79 Å². The quantitative estimate of drug-likeness (QED) is 0.254. The fourth-order valence-corrected chi connectivity index (χ4v) is 3.10. The van der Waals surface area contributed by atoms with Crippen molar-refractivity contribution in [2.75, 3.05) is 40.3 Å². The zero-order valence-electron chi connectivity index (χ0n) is 18.0. The first-order valence-corrected chi connectivity index (χ1v) is 9.91. The minimum atomic E-state index is -0.0324. The van der Waals surface area contributed by atoms with Gasteiger partial charge in [-0.2, -0.15) is 0 Å². The van der Waals surface area contributed by atoms with E-state index in [2.05, 4.69) is 53.4 Å². The van der Waals surface area contributed by atoms with Gasteiger partial charge in [0.15, 0.2) is 5.96 Å². The Hall–Kier alpha value is -1.61. The van der Waals surface area contributed by atoms with Gasteiger partial charge in [0.05, 0.1) is 6.10 Å². The number of benzene rings is 1. The third kappa shape index (κ3) is 8.74. The van der Waals surface area contributed by atoms with Crippen LogP contribution < -0.4 is 10.6 Å². The lowest BCUT2D eigenvalue weighted by Gasteiger charge is -2.32. The van der Waals surface area contributed by atoms with E-state index in [-0.39, 0.29) is 42.5 Å². The van der Waals surface area contributed by atoms with E-state index in [1.807, 2.05) is 6.92 Å². The van der Waals surface area contributed by atoms with Gasteiger partial charge in [-0.1, -0.05) is 42.0 Å². The summed E-state index contributed by atoms with van der Waals surface area (Å²) in [6.07, 6.45) is 2.22. The zero-order valence-corrected chi connectivity index (χ0v) is 20.4. The molecule has 1 aromatic rings. The number of aryl methyl sites for hydroxylation is 1. The minimum absolute atomic E-state index is 0. The van der Waals surface area contributed by atoms with E-state index in [1.54, 1.807) is 19.0 Å². The number of hydrogen-bond acceptors (Lipinski definition) is 3. The van der Waals surface area contributed by atoms with Gasteiger partial charge in [-0.15, -0.1) is 24.0 Å². The molecule has 1 aliphatic heterocycles. The SMILES string of the molecule is C=C(C)CNC(=NCC(=O)N(C)C)NCC1CCCOC1c1ccc(C)cc1.I. The van der Waals surface area contributed by atoms with Crippen LogP contribution in [0.2, 0.25) is 0 Å². The molecule has 162 valence electrons. The molecule has 2 atom stereocenters. The number of rotatable bonds is 7. The van der Waals surface area contributed by atoms with Gasteiger partial charge in [0.2, 0.25) is 5.91 Å². The van der Waals surface area contributed by atoms with Crippen LogP contribution in [0.4, 0.5) is 0 Å². The van der Waals surface area contributed by atoms with Crippen molar-refractivity contribution in [1.82, 2.24) is 15.5 Å². The first kappa shape index (κ1) is 25.4. The van der Waals surface area contributed by atoms with Gasteiger partial charge in [0, 0.05) is 39.7 Å². The molecule has 0 bridgehead atoms. The summed E-state index contributed by atoms with van der Waals surface area (Å²) < 4.78 is 6.10. The molecule has 1 heterocycles. The number of hydrogen-bond donors (Lipinski definition) is 2. The predicted molar refractivity (Wildman–Crippen MR) is 130 cm³/mol. The van der Waals surface area contributed by atoms with E-state index in [9.17, 15) is 4.79 Å². The molecule has 2 N–H and O–H groups in total. The summed E-state index contributed by atoms with van der Waals surface area (Å²) in [5.74, 6) is 0.944. The van der Waals surface area contributed by atoms with E-state index in [1.165, 1.54) is 11.1 Å². The van der Waals surface area contributed by atoms with Crippen LogP contribution >= 0.6 is 24.0 Å². The normalized spacial score (nSPS) is 19.1. The number of nitrogens with one attached hydrogen (secondary N) is 2. The fraction of sp³-hybridized carbons (Fsp3) is 0.545. The molecule has 29 heavy (non-hydrogen) atoms. The van der Waals surface area contributed by atoms with Crippen LogP contribution in [0.5, 0.6) is 0 Å². The molecular weight excluding hydrogens is 479 g/mol. The van der Waals surface area contributed by atoms with Crippen molar-refractivity contribution in [1.29, 1.82) is 0 Å². The van der Waals surface area contributed by atoms with Crippen LogP contribution in [0.1, 0.15) is 37.0 Å². The maximum Gasteiger partial charge on any atom is 0.243 e. The van der Waals surface area contributed by atoms with Crippen LogP contribution in [0, 0.1) is 12.8 Å². The first-order chi connectivity index (χ1) is 13.4. The maximum absolute atomic E-state index is 11.9. The van der Waals surface area contributed by atoms with E-state index >= 15 is 0 Å². The molecule has 1 aromatic carbocycles. The monoisotopic (exact) mass is 514 g/mol. The highest BCUT2D eigenvalue weighted by Crippen LogP contribution is 2.33. The number of carbonyl (C=O) groups is 1. The number of carbonyl (C=O) groups excluding carboxylic acids is 1. The first-order valence-electron chi connectivity index (χ1n) is 9.91. The second kappa shape index (κ2) is 12.8. The van der Waals surface area contributed by atoms with Crippen molar-refractivity contribution in [2.24, 2.45) is 10.9 Å². The summed E-state index contributed by atoms with van der Waals surface area (Å²) in [5.41, 5.74) is 3.47. The Balaban J connectivity index is 0.00000420. The highest BCUT2D eigenvalue weighted by atomic mass is 127. The standard InChI is InChI=1S/C22H34N4O2.HI/c1-16(2)13-23-22(25-15-20(27)26(4)5)24-14-19-7-6-12-28-21(19)18-10-8-17(3)9-11-18;/h8-11,19,21H,1,6-7,12-15H2,2-5H3,(H2,23,24,25);1H. The number of nitrogens with zero attached hydrogens (tertiary/aromatic N) is 2. The van der Waals surface area contributed by atoms with Gasteiger partial charge >= 0.3 is 0 Å². The van der Waals surface area contributed by atoms with E-state index in [0.29, 0.717) is 18.4 Å². The van der Waals surface area contributed by atoms with Gasteiger partial charge in [-0.25, -0.2) is 4.99 Å². The summed E-state index contributed by atoms with van der Waals surface area (Å²) >= 11 is 0. The molecule has 6 nitrogen and oxygen atoms in total. The third-order valence-electron chi connectivity index (χ3n) is 4.81. The van der Waals surface area contributed by atoms with Gasteiger partial charge in [-0.05, 0) is 32.3 Å². The molecule has 2 rings (SSSR count). The summed E-state index contributed by atoms with van der Waals surface area (Å²) in [4.78, 5) is 17.9. The van der Waals surface area contributed by atoms with Crippen LogP contribution in [-0.4, -0.2) is 57.1 Å². The predicted octanol–water partition coefficient (Wildman–Crippen LogP) is 3.28. The van der Waals surface area contributed by atoms with E-state index in [4.69, 9.17) is 4.74 Å². The molecule has 0 aromatic heterocycles. The fourth-order valence-electron chi connectivity index (χ4n) is 3.10. The molecule has 0 aliphatic carbocycles. The van der Waals surface area contributed by atoms with Crippen molar-refractivity contribution in [3.8, 4) is 0 Å². The molecular formula is C22H35IN4O2. The molecule has 7 heteroatoms. The van der Waals surface area contributed by atoms with E-state index < -0.39 is 0 Å². The van der Waals surface area contributed by atoms with Gasteiger partial charge in [0.1, 0.15) is 6.54 Å². The van der Waals surface area contributed by atoms with Gasteiger partial charge < -0.3 is 20.3 Å². The van der Waals surface area contributed by atoms with Gasteiger partial charge in [0.25, 0.3) is 0 Å². The lowest BCUT2D eigenvalue weighted by atomic mass is 9.89. The smallest absolute Gasteiger partial charge is 0.243 e. The molecule has 2 unspecified atom stereocenters. The van der Waals surface area contributed by atoms with Crippen molar-refractivity contribution in [3.63, 3.8) is 0 Å². The Morgan fingerprint density at radius 2 is 1.97 bits per heavy atom. The molecule has 0 saturated carbocycles. The number of likely N-dealkylation sites (N-methyl/N-ethyl adjacent to an activating group) is 1. The summed E-state index contributed by atoms with van der Waals surface area (Å²) in [5, 5.41) is 6.64. The zero-order chi connectivity index (χ0) is 20.5. The van der Waals surface area contributed by atoms with Crippen molar-refractivity contribution in [3.05, 3.63) is 47.5 Å². The summed E-state index contributed by atoms with van der Waals surface area (Å²) in [6, 6.07) is 8.57. The van der Waals surface area contributed by atoms with Crippen LogP contribution in [0.25, 0.3) is 0 Å². The topological polar surface area (TPSA) is 66.0 Å². The lowest BCUT2D eigenvalue weighted by molar-refractivity contribution is -0.127. The van der Waals surface area contributed by atoms with Crippen molar-refractivity contribution >= 4 is 35.8 Å². The van der Waals surface area contributed by atoms with Crippen molar-refractivity contribution < 1.29 is 9.53 Å². The number of halogens is 1. The second-order valence-electron chi connectivity index (χ2n) is 7.75. The number of guanidine groups is 1. The molecule has 1 aliphatic rings. The average Bonchev–Trinajstić information content (AvgIpc) is 2.67. The van der Waals surface area contributed by atoms with E-state index in [0.717, 1.165) is 31.6 Å². The molecule has 1 saturated heterocycles. The minimum Gasteiger partial charge on any atom is -0.373 e. The van der Waals surface area contributed by atoms with Crippen LogP contribution in [0.3, 0.4) is 0 Å².